The van der Waals surface area contributed by atoms with Gasteiger partial charge < -0.3 is 4.42 Å². The zero-order valence-corrected chi connectivity index (χ0v) is 13.6. The summed E-state index contributed by atoms with van der Waals surface area (Å²) in [4.78, 5) is 27.2. The predicted octanol–water partition coefficient (Wildman–Crippen LogP) is 4.32. The number of nitrogens with zero attached hydrogens (tertiary/aromatic N) is 1. The third-order valence-corrected chi connectivity index (χ3v) is 4.21. The first-order chi connectivity index (χ1) is 12.1. The van der Waals surface area contributed by atoms with Gasteiger partial charge in [0.2, 0.25) is 0 Å². The van der Waals surface area contributed by atoms with E-state index in [1.54, 1.807) is 54.8 Å². The summed E-state index contributed by atoms with van der Waals surface area (Å²) in [5.41, 5.74) is 3.18. The molecule has 4 heteroatoms. The van der Waals surface area contributed by atoms with Crippen LogP contribution in [0.15, 0.2) is 71.3 Å². The Balaban J connectivity index is 1.90. The van der Waals surface area contributed by atoms with Crippen LogP contribution in [0, 0.1) is 6.92 Å². The summed E-state index contributed by atoms with van der Waals surface area (Å²) < 4.78 is 5.35. The van der Waals surface area contributed by atoms with Gasteiger partial charge in [-0.25, -0.2) is 4.90 Å². The molecule has 1 aromatic heterocycles. The van der Waals surface area contributed by atoms with E-state index in [4.69, 9.17) is 4.42 Å². The summed E-state index contributed by atoms with van der Waals surface area (Å²) in [6, 6.07) is 18.0. The molecule has 0 unspecified atom stereocenters. The maximum absolute atomic E-state index is 13.1. The van der Waals surface area contributed by atoms with E-state index >= 15 is 0 Å². The van der Waals surface area contributed by atoms with Crippen LogP contribution in [0.5, 0.6) is 0 Å². The minimum absolute atomic E-state index is 0.318. The molecule has 0 N–H and O–H groups in total. The number of amides is 2. The summed E-state index contributed by atoms with van der Waals surface area (Å²) in [7, 11) is 0. The van der Waals surface area contributed by atoms with Gasteiger partial charge in [0.05, 0.1) is 17.5 Å². The molecule has 0 spiro atoms. The molecule has 0 fully saturated rings. The fraction of sp³-hybridized carbons (Fsp3) is 0.0476. The number of furan rings is 1. The molecule has 0 aliphatic carbocycles. The average Bonchev–Trinajstić information content (AvgIpc) is 3.14. The molecule has 4 rings (SSSR count). The molecular formula is C21H15NO3. The standard InChI is InChI=1S/C21H15NO3/c1-14-8-10-15(11-9-14)22-20(23)18-7-3-2-6-17(18)19(21(22)24)13-16-5-4-12-25-16/h2-13H,1H3/b19-13-. The molecule has 4 nitrogen and oxygen atoms in total. The Morgan fingerprint density at radius 3 is 2.24 bits per heavy atom. The van der Waals surface area contributed by atoms with Gasteiger partial charge in [-0.2, -0.15) is 0 Å². The zero-order chi connectivity index (χ0) is 17.4. The maximum atomic E-state index is 13.1. The van der Waals surface area contributed by atoms with Gasteiger partial charge in [-0.15, -0.1) is 0 Å². The lowest BCUT2D eigenvalue weighted by Crippen LogP contribution is -2.41. The Morgan fingerprint density at radius 1 is 0.840 bits per heavy atom. The van der Waals surface area contributed by atoms with Crippen LogP contribution < -0.4 is 4.90 Å². The van der Waals surface area contributed by atoms with E-state index in [-0.39, 0.29) is 11.8 Å². The number of benzene rings is 2. The van der Waals surface area contributed by atoms with Crippen LogP contribution >= 0.6 is 0 Å². The molecule has 25 heavy (non-hydrogen) atoms. The first kappa shape index (κ1) is 15.1. The van der Waals surface area contributed by atoms with E-state index in [0.29, 0.717) is 28.1 Å². The Kier molecular flexibility index (Phi) is 3.58. The van der Waals surface area contributed by atoms with Crippen molar-refractivity contribution in [2.75, 3.05) is 4.90 Å². The van der Waals surface area contributed by atoms with Gasteiger partial charge in [0, 0.05) is 11.1 Å². The van der Waals surface area contributed by atoms with Gasteiger partial charge in [-0.3, -0.25) is 9.59 Å². The molecule has 2 heterocycles. The van der Waals surface area contributed by atoms with Crippen LogP contribution in [0.2, 0.25) is 0 Å². The predicted molar refractivity (Wildman–Crippen MR) is 96.0 cm³/mol. The van der Waals surface area contributed by atoms with Crippen molar-refractivity contribution in [3.63, 3.8) is 0 Å². The highest BCUT2D eigenvalue weighted by atomic mass is 16.3. The topological polar surface area (TPSA) is 50.5 Å². The van der Waals surface area contributed by atoms with Gasteiger partial charge >= 0.3 is 0 Å². The highest BCUT2D eigenvalue weighted by molar-refractivity contribution is 6.43. The molecule has 0 saturated heterocycles. The molecular weight excluding hydrogens is 314 g/mol. The van der Waals surface area contributed by atoms with Crippen LogP contribution in [0.3, 0.4) is 0 Å². The van der Waals surface area contributed by atoms with Gasteiger partial charge in [-0.1, -0.05) is 35.9 Å². The molecule has 0 radical (unpaired) electrons. The first-order valence-electron chi connectivity index (χ1n) is 7.95. The molecule has 3 aromatic rings. The Hall–Kier alpha value is -3.40. The lowest BCUT2D eigenvalue weighted by atomic mass is 9.92. The minimum Gasteiger partial charge on any atom is -0.465 e. The van der Waals surface area contributed by atoms with E-state index in [1.165, 1.54) is 4.90 Å². The molecule has 1 aliphatic heterocycles. The van der Waals surface area contributed by atoms with Crippen molar-refractivity contribution in [3.8, 4) is 0 Å². The van der Waals surface area contributed by atoms with Crippen molar-refractivity contribution in [2.24, 2.45) is 0 Å². The van der Waals surface area contributed by atoms with Crippen molar-refractivity contribution in [2.45, 2.75) is 6.92 Å². The molecule has 0 bridgehead atoms. The monoisotopic (exact) mass is 329 g/mol. The number of fused-ring (bicyclic) bond motifs is 1. The van der Waals surface area contributed by atoms with Crippen molar-refractivity contribution < 1.29 is 14.0 Å². The SMILES string of the molecule is Cc1ccc(N2C(=O)/C(=C\c3ccco3)c3ccccc3C2=O)cc1. The molecule has 2 amide bonds. The summed E-state index contributed by atoms with van der Waals surface area (Å²) in [5, 5.41) is 0. The molecule has 2 aromatic carbocycles. The lowest BCUT2D eigenvalue weighted by molar-refractivity contribution is -0.112. The Labute approximate surface area is 145 Å². The number of carbonyl (C=O) groups excluding carboxylic acids is 2. The summed E-state index contributed by atoms with van der Waals surface area (Å²) in [5.74, 6) is -0.110. The van der Waals surface area contributed by atoms with Crippen molar-refractivity contribution in [3.05, 3.63) is 89.4 Å². The number of hydrogen-bond donors (Lipinski definition) is 0. The zero-order valence-electron chi connectivity index (χ0n) is 13.6. The quantitative estimate of drug-likeness (QED) is 0.520. The van der Waals surface area contributed by atoms with Crippen LogP contribution in [-0.2, 0) is 4.79 Å². The van der Waals surface area contributed by atoms with Gasteiger partial charge in [-0.05, 0) is 43.3 Å². The number of aryl methyl sites for hydroxylation is 1. The third kappa shape index (κ3) is 2.58. The third-order valence-electron chi connectivity index (χ3n) is 4.21. The lowest BCUT2D eigenvalue weighted by Gasteiger charge is -2.28. The highest BCUT2D eigenvalue weighted by Gasteiger charge is 2.35. The van der Waals surface area contributed by atoms with E-state index in [1.807, 2.05) is 25.1 Å². The number of anilines is 1. The van der Waals surface area contributed by atoms with Gasteiger partial charge in [0.25, 0.3) is 11.8 Å². The number of hydrogen-bond acceptors (Lipinski definition) is 3. The van der Waals surface area contributed by atoms with Crippen LogP contribution in [0.4, 0.5) is 5.69 Å². The maximum Gasteiger partial charge on any atom is 0.266 e. The minimum atomic E-state index is -0.357. The largest absolute Gasteiger partial charge is 0.465 e. The van der Waals surface area contributed by atoms with E-state index in [2.05, 4.69) is 0 Å². The smallest absolute Gasteiger partial charge is 0.266 e. The van der Waals surface area contributed by atoms with Gasteiger partial charge in [0.15, 0.2) is 0 Å². The van der Waals surface area contributed by atoms with E-state index in [0.717, 1.165) is 5.56 Å². The van der Waals surface area contributed by atoms with E-state index < -0.39 is 0 Å². The normalized spacial score (nSPS) is 15.6. The van der Waals surface area contributed by atoms with Gasteiger partial charge in [0.1, 0.15) is 5.76 Å². The summed E-state index contributed by atoms with van der Waals surface area (Å²) in [6.07, 6.45) is 3.23. The molecule has 122 valence electrons. The van der Waals surface area contributed by atoms with Crippen LogP contribution in [0.1, 0.15) is 27.2 Å². The molecule has 0 saturated carbocycles. The van der Waals surface area contributed by atoms with Crippen LogP contribution in [-0.4, -0.2) is 11.8 Å². The Morgan fingerprint density at radius 2 is 1.56 bits per heavy atom. The number of carbonyl (C=O) groups is 2. The van der Waals surface area contributed by atoms with Crippen molar-refractivity contribution in [1.82, 2.24) is 0 Å². The fourth-order valence-electron chi connectivity index (χ4n) is 2.94. The second-order valence-corrected chi connectivity index (χ2v) is 5.90. The molecule has 0 atom stereocenters. The number of rotatable bonds is 2. The second-order valence-electron chi connectivity index (χ2n) is 5.90. The molecule has 1 aliphatic rings. The van der Waals surface area contributed by atoms with Crippen molar-refractivity contribution in [1.29, 1.82) is 0 Å². The summed E-state index contributed by atoms with van der Waals surface area (Å²) >= 11 is 0. The second kappa shape index (κ2) is 5.91. The van der Waals surface area contributed by atoms with Crippen molar-refractivity contribution >= 4 is 29.2 Å². The highest BCUT2D eigenvalue weighted by Crippen LogP contribution is 2.33. The summed E-state index contributed by atoms with van der Waals surface area (Å²) in [6.45, 7) is 1.96. The number of imide groups is 1. The fourth-order valence-corrected chi connectivity index (χ4v) is 2.94. The van der Waals surface area contributed by atoms with E-state index in [9.17, 15) is 9.59 Å². The average molecular weight is 329 g/mol. The first-order valence-corrected chi connectivity index (χ1v) is 7.95. The Bertz CT molecular complexity index is 982. The van der Waals surface area contributed by atoms with Crippen LogP contribution in [0.25, 0.3) is 11.6 Å².